The van der Waals surface area contributed by atoms with Gasteiger partial charge in [0.05, 0.1) is 34.1 Å². The number of fused-ring (bicyclic) bond motifs is 2. The van der Waals surface area contributed by atoms with Crippen molar-refractivity contribution < 1.29 is 25.9 Å². The van der Waals surface area contributed by atoms with Crippen molar-refractivity contribution in [3.63, 3.8) is 0 Å². The number of hydrogen-bond acceptors (Lipinski definition) is 12. The number of azo groups is 2. The minimum atomic E-state index is -4.71. The molecule has 0 heterocycles. The molecule has 0 radical (unpaired) electrons. The first-order valence-corrected chi connectivity index (χ1v) is 18.8. The number of anilines is 4. The van der Waals surface area contributed by atoms with E-state index in [1.54, 1.807) is 48.5 Å². The summed E-state index contributed by atoms with van der Waals surface area (Å²) < 4.78 is 69.0. The van der Waals surface area contributed by atoms with Crippen molar-refractivity contribution in [2.45, 2.75) is 36.5 Å². The van der Waals surface area contributed by atoms with Crippen LogP contribution in [0.2, 0.25) is 0 Å². The van der Waals surface area contributed by atoms with Gasteiger partial charge in [-0.2, -0.15) is 27.1 Å². The Kier molecular flexibility index (Phi) is 9.41. The Hall–Kier alpha value is -5.94. The Morgan fingerprint density at radius 3 is 1.17 bits per heavy atom. The molecule has 0 fully saturated rings. The van der Waals surface area contributed by atoms with E-state index in [0.717, 1.165) is 22.3 Å². The van der Waals surface area contributed by atoms with Crippen molar-refractivity contribution in [2.24, 2.45) is 20.5 Å². The Balaban J connectivity index is 1.35. The monoisotopic (exact) mass is 738 g/mol. The van der Waals surface area contributed by atoms with Gasteiger partial charge in [-0.3, -0.25) is 9.11 Å². The van der Waals surface area contributed by atoms with Crippen LogP contribution < -0.4 is 22.9 Å². The minimum absolute atomic E-state index is 0.0730. The van der Waals surface area contributed by atoms with Gasteiger partial charge in [0.25, 0.3) is 20.2 Å². The van der Waals surface area contributed by atoms with Crippen molar-refractivity contribution in [3.8, 4) is 11.1 Å². The molecule has 266 valence electrons. The lowest BCUT2D eigenvalue weighted by Crippen LogP contribution is -2.06. The van der Waals surface area contributed by atoms with Crippen LogP contribution in [0.4, 0.5) is 45.5 Å². The molecule has 16 heteroatoms. The molecular formula is C36H34N8O6S2. The largest absolute Gasteiger partial charge is 0.396 e. The van der Waals surface area contributed by atoms with E-state index in [-0.39, 0.29) is 44.9 Å². The lowest BCUT2D eigenvalue weighted by molar-refractivity contribution is 0.482. The number of hydrogen-bond donors (Lipinski definition) is 6. The molecule has 10 N–H and O–H groups in total. The van der Waals surface area contributed by atoms with E-state index >= 15 is 0 Å². The molecule has 0 aromatic heterocycles. The highest BCUT2D eigenvalue weighted by Gasteiger charge is 2.25. The van der Waals surface area contributed by atoms with Crippen molar-refractivity contribution in [1.82, 2.24) is 0 Å². The van der Waals surface area contributed by atoms with E-state index in [4.69, 9.17) is 22.9 Å². The molecule has 0 aliphatic rings. The summed E-state index contributed by atoms with van der Waals surface area (Å²) in [5, 5.41) is 18.3. The first-order chi connectivity index (χ1) is 24.6. The molecule has 0 spiro atoms. The third-order valence-corrected chi connectivity index (χ3v) is 10.6. The highest BCUT2D eigenvalue weighted by atomic mass is 32.2. The molecule has 14 nitrogen and oxygen atoms in total. The molecule has 0 bridgehead atoms. The maximum atomic E-state index is 12.3. The second-order valence-electron chi connectivity index (χ2n) is 11.8. The van der Waals surface area contributed by atoms with Gasteiger partial charge in [0, 0.05) is 21.5 Å². The molecule has 0 saturated carbocycles. The maximum absolute atomic E-state index is 12.3. The van der Waals surface area contributed by atoms with E-state index in [0.29, 0.717) is 35.0 Å². The number of nitrogens with zero attached hydrogens (tertiary/aromatic N) is 4. The highest BCUT2D eigenvalue weighted by molar-refractivity contribution is 7.86. The number of nitrogen functional groups attached to an aromatic ring is 4. The molecule has 0 aliphatic carbocycles. The summed E-state index contributed by atoms with van der Waals surface area (Å²) >= 11 is 0. The second kappa shape index (κ2) is 13.6. The molecule has 6 rings (SSSR count). The van der Waals surface area contributed by atoms with Gasteiger partial charge in [0.2, 0.25) is 0 Å². The molecule has 0 atom stereocenters. The summed E-state index contributed by atoms with van der Waals surface area (Å²) in [6.07, 6.45) is 1.16. The molecule has 52 heavy (non-hydrogen) atoms. The smallest absolute Gasteiger partial charge is 0.297 e. The van der Waals surface area contributed by atoms with E-state index in [2.05, 4.69) is 20.5 Å². The Morgan fingerprint density at radius 2 is 0.846 bits per heavy atom. The summed E-state index contributed by atoms with van der Waals surface area (Å²) in [7, 11) is -9.43. The van der Waals surface area contributed by atoms with Crippen LogP contribution in [0, 0.1) is 0 Å². The predicted octanol–water partition coefficient (Wildman–Crippen LogP) is 8.44. The van der Waals surface area contributed by atoms with Gasteiger partial charge in [-0.15, -0.1) is 10.2 Å². The van der Waals surface area contributed by atoms with Crippen LogP contribution in [0.1, 0.15) is 25.0 Å². The van der Waals surface area contributed by atoms with Gasteiger partial charge in [-0.1, -0.05) is 74.5 Å². The van der Waals surface area contributed by atoms with Crippen LogP contribution in [0.15, 0.2) is 115 Å². The third-order valence-electron chi connectivity index (χ3n) is 8.72. The first-order valence-electron chi connectivity index (χ1n) is 15.9. The summed E-state index contributed by atoms with van der Waals surface area (Å²) in [4.78, 5) is -0.974. The van der Waals surface area contributed by atoms with E-state index in [9.17, 15) is 25.9 Å². The van der Waals surface area contributed by atoms with Crippen LogP contribution in [-0.4, -0.2) is 25.9 Å². The number of rotatable bonds is 9. The fourth-order valence-electron chi connectivity index (χ4n) is 6.15. The van der Waals surface area contributed by atoms with Crippen LogP contribution in [0.25, 0.3) is 32.7 Å². The standard InChI is InChI=1S/C36H34N8O6S2/c1-3-19-17-21(13-15-27(19)41-43-33-29(37)23-9-5-7-11-25(23)35(31(33)39)51(45,46)47)22-14-16-28(20(4-2)18-22)42-44-34-30(38)24-10-6-8-12-26(24)36(32(34)40)52(48,49)50/h5-18H,3-4,37-40H2,1-2H3,(H,45,46,47)(H,48,49,50)/b43-41+,44-42+. The molecule has 0 amide bonds. The zero-order valence-corrected chi connectivity index (χ0v) is 29.6. The quantitative estimate of drug-likeness (QED) is 0.0468. The minimum Gasteiger partial charge on any atom is -0.396 e. The van der Waals surface area contributed by atoms with Crippen LogP contribution in [0.3, 0.4) is 0 Å². The Morgan fingerprint density at radius 1 is 0.500 bits per heavy atom. The SMILES string of the molecule is CCc1cc(-c2ccc(/N=N/c3c(N)c(S(=O)(=O)O)c4ccccc4c3N)c(CC)c2)ccc1/N=N/c1c(N)c(S(=O)(=O)O)c2ccccc2c1N. The topological polar surface area (TPSA) is 262 Å². The lowest BCUT2D eigenvalue weighted by Gasteiger charge is -2.14. The fourth-order valence-corrected chi connectivity index (χ4v) is 7.81. The van der Waals surface area contributed by atoms with Crippen molar-refractivity contribution in [2.75, 3.05) is 22.9 Å². The van der Waals surface area contributed by atoms with E-state index in [1.165, 1.54) is 12.1 Å². The third kappa shape index (κ3) is 6.51. The van der Waals surface area contributed by atoms with Crippen molar-refractivity contribution in [1.29, 1.82) is 0 Å². The fraction of sp³-hybridized carbons (Fsp3) is 0.111. The van der Waals surface area contributed by atoms with Crippen LogP contribution in [0.5, 0.6) is 0 Å². The van der Waals surface area contributed by atoms with E-state index < -0.39 is 30.0 Å². The maximum Gasteiger partial charge on any atom is 0.297 e. The van der Waals surface area contributed by atoms with Crippen molar-refractivity contribution >= 4 is 87.3 Å². The molecule has 0 saturated heterocycles. The van der Waals surface area contributed by atoms with Crippen LogP contribution in [-0.2, 0) is 33.1 Å². The van der Waals surface area contributed by atoms with Gasteiger partial charge < -0.3 is 22.9 Å². The predicted molar refractivity (Wildman–Crippen MR) is 204 cm³/mol. The Bertz CT molecular complexity index is 2530. The van der Waals surface area contributed by atoms with Crippen LogP contribution >= 0.6 is 0 Å². The summed E-state index contributed by atoms with van der Waals surface area (Å²) in [5.74, 6) is 0. The van der Waals surface area contributed by atoms with Gasteiger partial charge >= 0.3 is 0 Å². The van der Waals surface area contributed by atoms with Crippen molar-refractivity contribution in [3.05, 3.63) is 96.1 Å². The average molecular weight is 739 g/mol. The number of nitrogens with two attached hydrogens (primary N) is 4. The molecule has 6 aromatic carbocycles. The zero-order chi connectivity index (χ0) is 37.5. The molecular weight excluding hydrogens is 705 g/mol. The average Bonchev–Trinajstić information content (AvgIpc) is 3.10. The Labute approximate surface area is 299 Å². The number of aryl methyl sites for hydroxylation is 2. The summed E-state index contributed by atoms with van der Waals surface area (Å²) in [5.41, 5.74) is 28.9. The second-order valence-corrected chi connectivity index (χ2v) is 14.6. The molecule has 0 aliphatic heterocycles. The lowest BCUT2D eigenvalue weighted by atomic mass is 9.98. The normalized spacial score (nSPS) is 12.5. The first kappa shape index (κ1) is 35.9. The molecule has 0 unspecified atom stereocenters. The summed E-state index contributed by atoms with van der Waals surface area (Å²) in [6.45, 7) is 3.90. The van der Waals surface area contributed by atoms with Gasteiger partial charge in [-0.05, 0) is 59.4 Å². The number of benzene rings is 6. The van der Waals surface area contributed by atoms with Gasteiger partial charge in [-0.25, -0.2) is 0 Å². The molecule has 6 aromatic rings. The van der Waals surface area contributed by atoms with E-state index in [1.807, 2.05) is 38.1 Å². The van der Waals surface area contributed by atoms with Gasteiger partial charge in [0.1, 0.15) is 21.2 Å². The zero-order valence-electron chi connectivity index (χ0n) is 27.9. The van der Waals surface area contributed by atoms with Gasteiger partial charge in [0.15, 0.2) is 0 Å². The highest BCUT2D eigenvalue weighted by Crippen LogP contribution is 2.45. The summed E-state index contributed by atoms with van der Waals surface area (Å²) in [6, 6.07) is 23.9.